The molecule has 9 heteroatoms. The molecule has 1 N–H and O–H groups in total. The van der Waals surface area contributed by atoms with Crippen LogP contribution in [0.15, 0.2) is 82.6 Å². The summed E-state index contributed by atoms with van der Waals surface area (Å²) in [6.45, 7) is 3.64. The zero-order valence-corrected chi connectivity index (χ0v) is 21.3. The van der Waals surface area contributed by atoms with Crippen molar-refractivity contribution in [3.05, 3.63) is 95.1 Å². The lowest BCUT2D eigenvalue weighted by Gasteiger charge is -2.17. The molecule has 0 radical (unpaired) electrons. The molecule has 0 bridgehead atoms. The fourth-order valence-corrected chi connectivity index (χ4v) is 6.81. The molecular weight excluding hydrogens is 486 g/mol. The molecule has 3 rings (SSSR count). The van der Waals surface area contributed by atoms with E-state index in [1.54, 1.807) is 24.3 Å². The van der Waals surface area contributed by atoms with Gasteiger partial charge in [-0.3, -0.25) is 9.59 Å². The van der Waals surface area contributed by atoms with E-state index in [1.807, 2.05) is 13.8 Å². The van der Waals surface area contributed by atoms with Crippen LogP contribution in [0.2, 0.25) is 0 Å². The van der Waals surface area contributed by atoms with Crippen molar-refractivity contribution in [2.24, 2.45) is 5.92 Å². The number of hydrogen-bond donors (Lipinski definition) is 1. The Hall–Kier alpha value is -3.30. The minimum absolute atomic E-state index is 0.0172. The van der Waals surface area contributed by atoms with Crippen molar-refractivity contribution < 1.29 is 26.4 Å². The highest BCUT2D eigenvalue weighted by atomic mass is 32.2. The molecule has 3 aromatic carbocycles. The quantitative estimate of drug-likeness (QED) is 0.439. The number of nitrogens with one attached hydrogen (secondary N) is 1. The number of carbonyl (C=O) groups excluding carboxylic acids is 2. The number of amides is 1. The summed E-state index contributed by atoms with van der Waals surface area (Å²) in [5.74, 6) is -3.66. The first-order chi connectivity index (χ1) is 16.4. The van der Waals surface area contributed by atoms with Crippen molar-refractivity contribution in [2.75, 3.05) is 18.6 Å². The number of hydrogen-bond acceptors (Lipinski definition) is 6. The van der Waals surface area contributed by atoms with Crippen LogP contribution in [-0.2, 0) is 19.7 Å². The van der Waals surface area contributed by atoms with E-state index in [-0.39, 0.29) is 21.3 Å². The Morgan fingerprint density at radius 1 is 0.657 bits per heavy atom. The number of sulfone groups is 2. The van der Waals surface area contributed by atoms with Crippen LogP contribution < -0.4 is 5.32 Å². The molecule has 0 spiro atoms. The Kier molecular flexibility index (Phi) is 7.92. The lowest BCUT2D eigenvalue weighted by Crippen LogP contribution is -2.31. The molecule has 0 atom stereocenters. The fourth-order valence-electron chi connectivity index (χ4n) is 3.58. The van der Waals surface area contributed by atoms with Gasteiger partial charge < -0.3 is 5.32 Å². The smallest absolute Gasteiger partial charge is 0.251 e. The Balaban J connectivity index is 1.98. The van der Waals surface area contributed by atoms with Gasteiger partial charge in [0.1, 0.15) is 0 Å². The summed E-state index contributed by atoms with van der Waals surface area (Å²) in [7, 11) is -6.46. The van der Waals surface area contributed by atoms with Gasteiger partial charge in [-0.2, -0.15) is 0 Å². The van der Waals surface area contributed by atoms with E-state index in [2.05, 4.69) is 5.32 Å². The molecule has 0 aliphatic rings. The third kappa shape index (κ3) is 6.43. The number of rotatable bonds is 9. The predicted molar refractivity (Wildman–Crippen MR) is 134 cm³/mol. The summed E-state index contributed by atoms with van der Waals surface area (Å²) in [6.07, 6.45) is 0. The predicted octanol–water partition coefficient (Wildman–Crippen LogP) is 3.41. The van der Waals surface area contributed by atoms with Gasteiger partial charge in [-0.1, -0.05) is 47.5 Å². The van der Waals surface area contributed by atoms with Crippen LogP contribution in [-0.4, -0.2) is 47.1 Å². The zero-order chi connectivity index (χ0) is 25.8. The van der Waals surface area contributed by atoms with Gasteiger partial charge in [-0.15, -0.1) is 0 Å². The summed E-state index contributed by atoms with van der Waals surface area (Å²) >= 11 is 0. The number of benzene rings is 3. The van der Waals surface area contributed by atoms with Crippen molar-refractivity contribution in [1.82, 2.24) is 5.32 Å². The Morgan fingerprint density at radius 3 is 1.40 bits per heavy atom. The maximum atomic E-state index is 13.4. The molecule has 7 nitrogen and oxygen atoms in total. The molecular formula is C26H27NO6S2. The Bertz CT molecular complexity index is 1350. The molecule has 3 aromatic rings. The molecule has 1 amide bonds. The highest BCUT2D eigenvalue weighted by Gasteiger charge is 2.32. The normalized spacial score (nSPS) is 11.9. The number of ketones is 1. The van der Waals surface area contributed by atoms with Crippen LogP contribution in [0.25, 0.3) is 0 Å². The SMILES string of the molecule is CNC(=O)c1ccc(C(=O)C(CS(=O)(=O)c2ccc(C)cc2)CS(=O)(=O)c2ccc(C)cc2)cc1. The number of aryl methyl sites for hydroxylation is 2. The molecule has 0 saturated heterocycles. The lowest BCUT2D eigenvalue weighted by atomic mass is 9.99. The Morgan fingerprint density at radius 2 is 1.03 bits per heavy atom. The topological polar surface area (TPSA) is 114 Å². The third-order valence-corrected chi connectivity index (χ3v) is 9.29. The van der Waals surface area contributed by atoms with Gasteiger partial charge in [-0.05, 0) is 50.2 Å². The number of carbonyl (C=O) groups is 2. The molecule has 0 aliphatic heterocycles. The average molecular weight is 514 g/mol. The second-order valence-corrected chi connectivity index (χ2v) is 12.5. The van der Waals surface area contributed by atoms with Crippen molar-refractivity contribution in [1.29, 1.82) is 0 Å². The van der Waals surface area contributed by atoms with Crippen molar-refractivity contribution >= 4 is 31.4 Å². The molecule has 0 unspecified atom stereocenters. The zero-order valence-electron chi connectivity index (χ0n) is 19.7. The van der Waals surface area contributed by atoms with E-state index >= 15 is 0 Å². The molecule has 0 fully saturated rings. The fraction of sp³-hybridized carbons (Fsp3) is 0.231. The van der Waals surface area contributed by atoms with Crippen LogP contribution in [0.3, 0.4) is 0 Å². The highest BCUT2D eigenvalue weighted by molar-refractivity contribution is 7.92. The van der Waals surface area contributed by atoms with Crippen LogP contribution in [0.5, 0.6) is 0 Å². The molecule has 184 valence electrons. The maximum Gasteiger partial charge on any atom is 0.251 e. The van der Waals surface area contributed by atoms with Crippen molar-refractivity contribution in [3.8, 4) is 0 Å². The monoisotopic (exact) mass is 513 g/mol. The van der Waals surface area contributed by atoms with E-state index in [9.17, 15) is 26.4 Å². The molecule has 0 heterocycles. The summed E-state index contributed by atoms with van der Waals surface area (Å²) in [5, 5.41) is 2.48. The summed E-state index contributed by atoms with van der Waals surface area (Å²) < 4.78 is 52.6. The van der Waals surface area contributed by atoms with Gasteiger partial charge >= 0.3 is 0 Å². The van der Waals surface area contributed by atoms with Gasteiger partial charge in [0.2, 0.25) is 0 Å². The van der Waals surface area contributed by atoms with Gasteiger partial charge in [-0.25, -0.2) is 16.8 Å². The molecule has 35 heavy (non-hydrogen) atoms. The van der Waals surface area contributed by atoms with Gasteiger partial charge in [0.15, 0.2) is 25.5 Å². The Labute approximate surface area is 206 Å². The second kappa shape index (κ2) is 10.5. The average Bonchev–Trinajstić information content (AvgIpc) is 2.83. The van der Waals surface area contributed by atoms with Crippen LogP contribution in [0, 0.1) is 19.8 Å². The first-order valence-corrected chi connectivity index (χ1v) is 14.2. The summed E-state index contributed by atoms with van der Waals surface area (Å²) in [4.78, 5) is 25.2. The van der Waals surface area contributed by atoms with Crippen molar-refractivity contribution in [3.63, 3.8) is 0 Å². The first-order valence-electron chi connectivity index (χ1n) is 10.9. The highest BCUT2D eigenvalue weighted by Crippen LogP contribution is 2.23. The molecule has 0 aromatic heterocycles. The summed E-state index contributed by atoms with van der Waals surface area (Å²) in [5.41, 5.74) is 2.19. The third-order valence-electron chi connectivity index (χ3n) is 5.63. The first kappa shape index (κ1) is 26.3. The van der Waals surface area contributed by atoms with E-state index in [4.69, 9.17) is 0 Å². The molecule has 0 saturated carbocycles. The standard InChI is InChI=1S/C26H27NO6S2/c1-18-4-12-23(13-5-18)34(30,31)16-22(17-35(32,33)24-14-6-19(2)7-15-24)25(28)20-8-10-21(11-9-20)26(29)27-3/h4-15,22H,16-17H2,1-3H3,(H,27,29). The van der Waals surface area contributed by atoms with Crippen LogP contribution in [0.1, 0.15) is 31.8 Å². The minimum atomic E-state index is -3.97. The second-order valence-electron chi connectivity index (χ2n) is 8.41. The lowest BCUT2D eigenvalue weighted by molar-refractivity contribution is 0.0937. The minimum Gasteiger partial charge on any atom is -0.355 e. The van der Waals surface area contributed by atoms with Gasteiger partial charge in [0.05, 0.1) is 27.2 Å². The largest absolute Gasteiger partial charge is 0.355 e. The van der Waals surface area contributed by atoms with Gasteiger partial charge in [0, 0.05) is 18.2 Å². The van der Waals surface area contributed by atoms with E-state index in [1.165, 1.54) is 55.6 Å². The van der Waals surface area contributed by atoms with Crippen LogP contribution >= 0.6 is 0 Å². The van der Waals surface area contributed by atoms with Crippen LogP contribution in [0.4, 0.5) is 0 Å². The summed E-state index contributed by atoms with van der Waals surface area (Å²) in [6, 6.07) is 18.0. The van der Waals surface area contributed by atoms with E-state index < -0.39 is 42.9 Å². The van der Waals surface area contributed by atoms with Gasteiger partial charge in [0.25, 0.3) is 5.91 Å². The maximum absolute atomic E-state index is 13.4. The number of Topliss-reactive ketones (excluding diaryl/α,β-unsaturated/α-hetero) is 1. The van der Waals surface area contributed by atoms with E-state index in [0.717, 1.165) is 11.1 Å². The van der Waals surface area contributed by atoms with Crippen molar-refractivity contribution in [2.45, 2.75) is 23.6 Å². The van der Waals surface area contributed by atoms with E-state index in [0.29, 0.717) is 5.56 Å². The molecule has 0 aliphatic carbocycles.